The fourth-order valence-corrected chi connectivity index (χ4v) is 7.47. The normalized spacial score (nSPS) is 11.5. The van der Waals surface area contributed by atoms with E-state index in [0.717, 1.165) is 63.6 Å². The Morgan fingerprint density at radius 2 is 0.965 bits per heavy atom. The number of benzene rings is 4. The molecule has 6 rings (SSSR count). The molecule has 2 N–H and O–H groups in total. The quantitative estimate of drug-likeness (QED) is 0.0473. The third kappa shape index (κ3) is 16.8. The minimum Gasteiger partial charge on any atom is -0.748 e. The predicted octanol–water partition coefficient (Wildman–Crippen LogP) is 8.28. The molecule has 4 aromatic carbocycles. The second-order valence-corrected chi connectivity index (χ2v) is 17.1. The molecule has 0 amide bonds. The number of aromatic nitrogens is 2. The van der Waals surface area contributed by atoms with E-state index < -0.39 is 31.7 Å². The van der Waals surface area contributed by atoms with Gasteiger partial charge in [-0.25, -0.2) is 26.0 Å². The molecular weight excluding hydrogens is 805 g/mol. The second kappa shape index (κ2) is 21.9. The van der Waals surface area contributed by atoms with Crippen LogP contribution in [0.25, 0.3) is 0 Å². The number of azo groups is 2. The standard InChI is InChI=1S/C25H28N8S2.2C7H8O3S/c1-18-16-20(6-8-22(18)28-30-24-32(3)12-14-34-24)26-10-5-11-27-21-7-9-23(19(2)17-21)29-31-25-33(4)13-15-35-25;2*8-11(9,10)6-7-4-2-1-3-5-7/h6-9,12-17H,5,10-11H2,1-4H3;2*1-5H,6H2,(H,8,9,10). The van der Waals surface area contributed by atoms with E-state index in [9.17, 15) is 25.9 Å². The lowest BCUT2D eigenvalue weighted by atomic mass is 10.2. The molecule has 300 valence electrons. The van der Waals surface area contributed by atoms with E-state index in [1.165, 1.54) is 0 Å². The molecule has 0 aliphatic rings. The van der Waals surface area contributed by atoms with Crippen molar-refractivity contribution in [2.75, 3.05) is 23.7 Å². The molecule has 0 radical (unpaired) electrons. The van der Waals surface area contributed by atoms with Gasteiger partial charge < -0.3 is 19.7 Å². The maximum atomic E-state index is 10.2. The van der Waals surface area contributed by atoms with Crippen LogP contribution < -0.4 is 19.8 Å². The zero-order chi connectivity index (χ0) is 41.3. The average Bonchev–Trinajstić information content (AvgIpc) is 3.77. The Bertz CT molecular complexity index is 2290. The Balaban J connectivity index is 0.000000265. The van der Waals surface area contributed by atoms with Crippen molar-refractivity contribution < 1.29 is 35.1 Å². The van der Waals surface area contributed by atoms with Crippen molar-refractivity contribution in [3.63, 3.8) is 0 Å². The average molecular weight is 849 g/mol. The molecule has 14 nitrogen and oxygen atoms in total. The van der Waals surface area contributed by atoms with Gasteiger partial charge in [-0.3, -0.25) is 0 Å². The van der Waals surface area contributed by atoms with Crippen LogP contribution in [0, 0.1) is 13.8 Å². The van der Waals surface area contributed by atoms with E-state index in [-0.39, 0.29) is 0 Å². The highest BCUT2D eigenvalue weighted by Crippen LogP contribution is 2.26. The number of hydrogen-bond acceptors (Lipinski definition) is 14. The Morgan fingerprint density at radius 3 is 1.28 bits per heavy atom. The molecule has 0 saturated carbocycles. The summed E-state index contributed by atoms with van der Waals surface area (Å²) in [6.07, 6.45) is 4.94. The van der Waals surface area contributed by atoms with Crippen molar-refractivity contribution in [2.45, 2.75) is 31.8 Å². The molecule has 57 heavy (non-hydrogen) atoms. The first-order valence-corrected chi connectivity index (χ1v) is 22.4. The Kier molecular flexibility index (Phi) is 17.1. The molecule has 6 aromatic rings. The van der Waals surface area contributed by atoms with Crippen LogP contribution in [0.1, 0.15) is 28.7 Å². The third-order valence-corrected chi connectivity index (χ3v) is 10.8. The predicted molar refractivity (Wildman–Crippen MR) is 223 cm³/mol. The highest BCUT2D eigenvalue weighted by Gasteiger charge is 2.10. The van der Waals surface area contributed by atoms with Gasteiger partial charge in [0.15, 0.2) is 0 Å². The molecule has 0 atom stereocenters. The van der Waals surface area contributed by atoms with Crippen LogP contribution in [0.4, 0.5) is 33.0 Å². The van der Waals surface area contributed by atoms with Gasteiger partial charge in [0.2, 0.25) is 0 Å². The molecule has 0 unspecified atom stereocenters. The first-order chi connectivity index (χ1) is 27.1. The van der Waals surface area contributed by atoms with Crippen molar-refractivity contribution >= 4 is 75.9 Å². The first-order valence-electron chi connectivity index (χ1n) is 17.5. The summed E-state index contributed by atoms with van der Waals surface area (Å²) < 4.78 is 65.4. The van der Waals surface area contributed by atoms with Gasteiger partial charge in [0.05, 0.1) is 56.1 Å². The molecule has 18 heteroatoms. The van der Waals surface area contributed by atoms with Gasteiger partial charge in [-0.1, -0.05) is 60.7 Å². The molecule has 0 saturated heterocycles. The summed E-state index contributed by atoms with van der Waals surface area (Å²) in [6.45, 7) is 5.87. The van der Waals surface area contributed by atoms with Crippen LogP contribution in [-0.2, 0) is 45.8 Å². The van der Waals surface area contributed by atoms with E-state index in [0.29, 0.717) is 11.1 Å². The van der Waals surface area contributed by atoms with Crippen LogP contribution in [0.15, 0.2) is 141 Å². The Labute approximate surface area is 341 Å². The minimum atomic E-state index is -4.13. The van der Waals surface area contributed by atoms with Crippen LogP contribution in [-0.4, -0.2) is 39.0 Å². The maximum absolute atomic E-state index is 10.2. The fraction of sp³-hybridized carbons (Fsp3) is 0.231. The lowest BCUT2D eigenvalue weighted by Gasteiger charge is -2.10. The fourth-order valence-electron chi connectivity index (χ4n) is 4.91. The lowest BCUT2D eigenvalue weighted by molar-refractivity contribution is -0.654. The molecule has 0 aliphatic carbocycles. The topological polar surface area (TPSA) is 196 Å². The van der Waals surface area contributed by atoms with Gasteiger partial charge in [0.1, 0.15) is 23.8 Å². The molecule has 0 bridgehead atoms. The van der Waals surface area contributed by atoms with Gasteiger partial charge in [-0.2, -0.15) is 0 Å². The first kappa shape index (κ1) is 44.5. The van der Waals surface area contributed by atoms with Crippen molar-refractivity contribution in [1.29, 1.82) is 0 Å². The molecule has 2 heterocycles. The number of aryl methyl sites for hydroxylation is 4. The zero-order valence-electron chi connectivity index (χ0n) is 31.8. The molecule has 0 fully saturated rings. The summed E-state index contributed by atoms with van der Waals surface area (Å²) in [7, 11) is -4.32. The van der Waals surface area contributed by atoms with E-state index in [2.05, 4.69) is 69.2 Å². The Hall–Kier alpha value is -5.24. The minimum absolute atomic E-state index is 0.423. The smallest absolute Gasteiger partial charge is 0.408 e. The summed E-state index contributed by atoms with van der Waals surface area (Å²) in [5, 5.41) is 30.2. The molecular formula is C39H44N8O6S4. The van der Waals surface area contributed by atoms with E-state index >= 15 is 0 Å². The van der Waals surface area contributed by atoms with Crippen molar-refractivity contribution in [3.05, 3.63) is 142 Å². The lowest BCUT2D eigenvalue weighted by Crippen LogP contribution is -2.23. The summed E-state index contributed by atoms with van der Waals surface area (Å²) >= 11 is 3.14. The summed E-state index contributed by atoms with van der Waals surface area (Å²) in [5.41, 5.74) is 7.19. The summed E-state index contributed by atoms with van der Waals surface area (Å²) in [6, 6.07) is 29.1. The molecule has 0 spiro atoms. The van der Waals surface area contributed by atoms with Crippen LogP contribution in [0.5, 0.6) is 0 Å². The van der Waals surface area contributed by atoms with E-state index in [1.54, 1.807) is 83.3 Å². The number of hydrogen-bond donors (Lipinski definition) is 2. The second-order valence-electron chi connectivity index (χ2n) is 12.6. The van der Waals surface area contributed by atoms with Crippen molar-refractivity contribution in [3.8, 4) is 0 Å². The monoisotopic (exact) mass is 848 g/mol. The third-order valence-electron chi connectivity index (χ3n) is 7.78. The van der Waals surface area contributed by atoms with Crippen molar-refractivity contribution in [1.82, 2.24) is 0 Å². The molecule has 2 aromatic heterocycles. The van der Waals surface area contributed by atoms with Crippen molar-refractivity contribution in [2.24, 2.45) is 34.6 Å². The van der Waals surface area contributed by atoms with Gasteiger partial charge in [-0.15, -0.1) is 0 Å². The highest BCUT2D eigenvalue weighted by molar-refractivity contribution is 7.85. The number of thiazole rings is 2. The van der Waals surface area contributed by atoms with Crippen LogP contribution >= 0.6 is 22.7 Å². The number of rotatable bonds is 14. The van der Waals surface area contributed by atoms with Crippen LogP contribution in [0.2, 0.25) is 0 Å². The molecule has 0 aliphatic heterocycles. The summed E-state index contributed by atoms with van der Waals surface area (Å²) in [4.78, 5) is 0. The zero-order valence-corrected chi connectivity index (χ0v) is 35.1. The van der Waals surface area contributed by atoms with Gasteiger partial charge in [-0.05, 0) is 112 Å². The van der Waals surface area contributed by atoms with Crippen LogP contribution in [0.3, 0.4) is 0 Å². The van der Waals surface area contributed by atoms with Gasteiger partial charge in [0, 0.05) is 35.2 Å². The summed E-state index contributed by atoms with van der Waals surface area (Å²) in [5.74, 6) is -0.846. The maximum Gasteiger partial charge on any atom is 0.408 e. The SMILES string of the molecule is Cc1cc(NCCCNc2ccc(N=Nc3scc[n+]3C)c(C)c2)ccc1N=Nc1scc[n+]1C.O=S(=O)([O-])Cc1ccccc1.O=S(=O)([O-])Cc1ccccc1. The Morgan fingerprint density at radius 1 is 0.579 bits per heavy atom. The van der Waals surface area contributed by atoms with E-state index in [1.807, 2.05) is 58.5 Å². The highest BCUT2D eigenvalue weighted by atomic mass is 32.2. The largest absolute Gasteiger partial charge is 0.748 e. The van der Waals surface area contributed by atoms with Gasteiger partial charge >= 0.3 is 10.3 Å². The number of nitrogens with zero attached hydrogens (tertiary/aromatic N) is 6. The number of nitrogens with one attached hydrogen (secondary N) is 2. The number of anilines is 2. The van der Waals surface area contributed by atoms with Gasteiger partial charge in [0.25, 0.3) is 0 Å². The van der Waals surface area contributed by atoms with E-state index in [4.69, 9.17) is 0 Å².